The number of fused-ring (bicyclic) bond motifs is 2. The third kappa shape index (κ3) is 9.76. The summed E-state index contributed by atoms with van der Waals surface area (Å²) in [6.07, 6.45) is 1.49. The average Bonchev–Trinajstić information content (AvgIpc) is 3.57. The Morgan fingerprint density at radius 1 is 1.02 bits per heavy atom. The molecule has 0 radical (unpaired) electrons. The Hall–Kier alpha value is -4.24. The summed E-state index contributed by atoms with van der Waals surface area (Å²) in [5.74, 6) is 0.714. The van der Waals surface area contributed by atoms with Gasteiger partial charge in [0.1, 0.15) is 5.75 Å². The van der Waals surface area contributed by atoms with Crippen LogP contribution >= 0.6 is 11.6 Å². The number of rotatable bonds is 8. The monoisotopic (exact) mass is 744 g/mol. The van der Waals surface area contributed by atoms with Gasteiger partial charge in [-0.25, -0.2) is 13.2 Å². The number of halogens is 1. The molecular weight excluding hydrogens is 700 g/mol. The fraction of sp³-hybridized carbons (Fsp3) is 0.444. The Balaban J connectivity index is 1.39. The van der Waals surface area contributed by atoms with Crippen molar-refractivity contribution in [3.8, 4) is 17.2 Å². The molecule has 0 aliphatic carbocycles. The van der Waals surface area contributed by atoms with Crippen LogP contribution in [-0.4, -0.2) is 93.7 Å². The summed E-state index contributed by atoms with van der Waals surface area (Å²) in [5.41, 5.74) is 0.852. The number of ether oxygens (including phenoxy) is 4. The molecule has 3 amide bonds. The number of sulfonamides is 1. The van der Waals surface area contributed by atoms with Crippen LogP contribution in [0.5, 0.6) is 17.2 Å². The Morgan fingerprint density at radius 2 is 1.73 bits per heavy atom. The van der Waals surface area contributed by atoms with E-state index < -0.39 is 28.1 Å². The molecule has 2 aliphatic heterocycles. The first-order valence-corrected chi connectivity index (χ1v) is 18.7. The van der Waals surface area contributed by atoms with Gasteiger partial charge in [0.2, 0.25) is 6.79 Å². The maximum absolute atomic E-state index is 14.4. The van der Waals surface area contributed by atoms with Crippen LogP contribution in [0.15, 0.2) is 65.6 Å². The molecule has 15 heteroatoms. The molecule has 4 atom stereocenters. The summed E-state index contributed by atoms with van der Waals surface area (Å²) in [6, 6.07) is 14.5. The van der Waals surface area contributed by atoms with Crippen molar-refractivity contribution >= 4 is 44.9 Å². The average molecular weight is 745 g/mol. The van der Waals surface area contributed by atoms with Gasteiger partial charge in [0.15, 0.2) is 11.5 Å². The second-order valence-corrected chi connectivity index (χ2v) is 15.1. The lowest BCUT2D eigenvalue weighted by molar-refractivity contribution is -0.0115. The summed E-state index contributed by atoms with van der Waals surface area (Å²) in [5, 5.41) is 13.5. The highest BCUT2D eigenvalue weighted by Gasteiger charge is 2.31. The van der Waals surface area contributed by atoms with E-state index in [0.717, 1.165) is 12.8 Å². The van der Waals surface area contributed by atoms with Gasteiger partial charge in [-0.2, -0.15) is 0 Å². The van der Waals surface area contributed by atoms with Crippen LogP contribution < -0.4 is 24.2 Å². The number of hydrogen-bond acceptors (Lipinski definition) is 9. The third-order valence-electron chi connectivity index (χ3n) is 8.85. The van der Waals surface area contributed by atoms with Crippen molar-refractivity contribution < 1.29 is 42.1 Å². The zero-order valence-electron chi connectivity index (χ0n) is 29.1. The number of urea groups is 1. The van der Waals surface area contributed by atoms with Gasteiger partial charge in [-0.1, -0.05) is 18.5 Å². The first kappa shape index (κ1) is 38.0. The highest BCUT2D eigenvalue weighted by molar-refractivity contribution is 7.92. The standard InChI is InChI=1S/C36H45ClN4O9S/c1-23-19-41(24(2)21-42)35(43)30-17-28(39-51(45,46)29-12-8-26(37)9-13-29)11-14-31(30)50-25(3)7-5-6-16-47-34(23)20-40(4)36(44)38-27-10-15-32-33(18-27)49-22-48-32/h8-15,17-18,23-25,34,39,42H,5-7,16,19-22H2,1-4H3,(H,38,44)/t23-,24+,25-,34-/m0/s1. The molecule has 2 aliphatic rings. The first-order valence-electron chi connectivity index (χ1n) is 16.9. The van der Waals surface area contributed by atoms with E-state index in [0.29, 0.717) is 41.0 Å². The second-order valence-electron chi connectivity index (χ2n) is 12.9. The maximum Gasteiger partial charge on any atom is 0.321 e. The zero-order valence-corrected chi connectivity index (χ0v) is 30.7. The molecule has 0 saturated heterocycles. The fourth-order valence-corrected chi connectivity index (χ4v) is 7.00. The number of aliphatic hydroxyl groups is 1. The number of nitrogens with one attached hydrogen (secondary N) is 2. The molecule has 0 bridgehead atoms. The molecule has 3 aromatic rings. The van der Waals surface area contributed by atoms with E-state index in [1.165, 1.54) is 40.1 Å². The van der Waals surface area contributed by atoms with Gasteiger partial charge < -0.3 is 39.2 Å². The lowest BCUT2D eigenvalue weighted by atomic mass is 10.0. The Labute approximate surface area is 303 Å². The molecule has 0 unspecified atom stereocenters. The summed E-state index contributed by atoms with van der Waals surface area (Å²) in [7, 11) is -2.33. The molecule has 13 nitrogen and oxygen atoms in total. The largest absolute Gasteiger partial charge is 0.490 e. The van der Waals surface area contributed by atoms with Crippen molar-refractivity contribution in [3.63, 3.8) is 0 Å². The molecule has 2 heterocycles. The van der Waals surface area contributed by atoms with E-state index in [4.69, 9.17) is 30.5 Å². The lowest BCUT2D eigenvalue weighted by Gasteiger charge is -2.35. The SMILES string of the molecule is C[C@H](CO)N1C[C@H](C)[C@H](CN(C)C(=O)Nc2ccc3c(c2)OCO3)OCCCC[C@H](C)Oc2ccc(NS(=O)(=O)c3ccc(Cl)cc3)cc2C1=O. The molecule has 0 saturated carbocycles. The van der Waals surface area contributed by atoms with Crippen molar-refractivity contribution in [2.24, 2.45) is 5.92 Å². The van der Waals surface area contributed by atoms with Crippen LogP contribution in [0.2, 0.25) is 5.02 Å². The number of aliphatic hydroxyl groups excluding tert-OH is 1. The minimum Gasteiger partial charge on any atom is -0.490 e. The maximum atomic E-state index is 14.4. The number of hydrogen-bond donors (Lipinski definition) is 3. The van der Waals surface area contributed by atoms with Crippen molar-refractivity contribution in [3.05, 3.63) is 71.2 Å². The molecule has 0 spiro atoms. The summed E-state index contributed by atoms with van der Waals surface area (Å²) >= 11 is 5.95. The third-order valence-corrected chi connectivity index (χ3v) is 10.5. The predicted molar refractivity (Wildman–Crippen MR) is 193 cm³/mol. The molecule has 3 aromatic carbocycles. The topological polar surface area (TPSA) is 156 Å². The van der Waals surface area contributed by atoms with Crippen LogP contribution in [0.1, 0.15) is 50.4 Å². The van der Waals surface area contributed by atoms with E-state index in [1.807, 2.05) is 13.8 Å². The smallest absolute Gasteiger partial charge is 0.321 e. The molecule has 0 aromatic heterocycles. The Kier molecular flexibility index (Phi) is 12.6. The fourth-order valence-electron chi connectivity index (χ4n) is 5.82. The quantitative estimate of drug-likeness (QED) is 0.258. The van der Waals surface area contributed by atoms with Gasteiger partial charge >= 0.3 is 6.03 Å². The normalized spacial score (nSPS) is 20.4. The van der Waals surface area contributed by atoms with Crippen molar-refractivity contribution in [2.45, 2.75) is 63.2 Å². The Morgan fingerprint density at radius 3 is 2.47 bits per heavy atom. The minimum atomic E-state index is -4.01. The highest BCUT2D eigenvalue weighted by Crippen LogP contribution is 2.34. The predicted octanol–water partition coefficient (Wildman–Crippen LogP) is 5.83. The van der Waals surface area contributed by atoms with Crippen LogP contribution in [0.3, 0.4) is 0 Å². The van der Waals surface area contributed by atoms with Gasteiger partial charge in [0.05, 0.1) is 35.3 Å². The van der Waals surface area contributed by atoms with E-state index in [-0.39, 0.29) is 60.7 Å². The number of benzene rings is 3. The molecule has 5 rings (SSSR count). The molecule has 51 heavy (non-hydrogen) atoms. The van der Waals surface area contributed by atoms with E-state index in [1.54, 1.807) is 44.3 Å². The van der Waals surface area contributed by atoms with Crippen LogP contribution in [0.25, 0.3) is 0 Å². The van der Waals surface area contributed by atoms with E-state index in [2.05, 4.69) is 10.0 Å². The molecule has 3 N–H and O–H groups in total. The number of nitrogens with zero attached hydrogens (tertiary/aromatic N) is 2. The van der Waals surface area contributed by atoms with Gasteiger partial charge in [-0.3, -0.25) is 9.52 Å². The molecule has 276 valence electrons. The highest BCUT2D eigenvalue weighted by atomic mass is 35.5. The van der Waals surface area contributed by atoms with Gasteiger partial charge in [-0.05, 0) is 87.7 Å². The van der Waals surface area contributed by atoms with Crippen molar-refractivity contribution in [1.82, 2.24) is 9.80 Å². The van der Waals surface area contributed by atoms with Crippen LogP contribution in [0.4, 0.5) is 16.2 Å². The van der Waals surface area contributed by atoms with Crippen molar-refractivity contribution in [1.29, 1.82) is 0 Å². The second kappa shape index (κ2) is 16.9. The molecular formula is C36H45ClN4O9S. The lowest BCUT2D eigenvalue weighted by Crippen LogP contribution is -2.48. The Bertz CT molecular complexity index is 1790. The summed E-state index contributed by atoms with van der Waals surface area (Å²) in [4.78, 5) is 30.7. The molecule has 0 fully saturated rings. The number of carbonyl (C=O) groups is 2. The van der Waals surface area contributed by atoms with Crippen molar-refractivity contribution in [2.75, 3.05) is 50.2 Å². The number of carbonyl (C=O) groups excluding carboxylic acids is 2. The number of amides is 3. The van der Waals surface area contributed by atoms with Crippen LogP contribution in [-0.2, 0) is 14.8 Å². The first-order chi connectivity index (χ1) is 24.3. The van der Waals surface area contributed by atoms with Crippen LogP contribution in [0, 0.1) is 5.92 Å². The number of likely N-dealkylation sites (N-methyl/N-ethyl adjacent to an activating group) is 1. The summed E-state index contributed by atoms with van der Waals surface area (Å²) in [6.45, 7) is 6.20. The van der Waals surface area contributed by atoms with E-state index >= 15 is 0 Å². The number of anilines is 2. The zero-order chi connectivity index (χ0) is 36.7. The summed E-state index contributed by atoms with van der Waals surface area (Å²) < 4.78 is 52.4. The minimum absolute atomic E-state index is 0.00752. The van der Waals surface area contributed by atoms with Gasteiger partial charge in [-0.15, -0.1) is 0 Å². The van der Waals surface area contributed by atoms with Gasteiger partial charge in [0, 0.05) is 55.1 Å². The van der Waals surface area contributed by atoms with E-state index in [9.17, 15) is 23.1 Å². The van der Waals surface area contributed by atoms with Gasteiger partial charge in [0.25, 0.3) is 15.9 Å².